The molecule has 0 aromatic heterocycles. The quantitative estimate of drug-likeness (QED) is 0.792. The molecular weight excluding hydrogens is 393 g/mol. The molecule has 2 aliphatic heterocycles. The Kier molecular flexibility index (Phi) is 5.46. The molecule has 2 aromatic rings. The van der Waals surface area contributed by atoms with Crippen molar-refractivity contribution in [3.05, 3.63) is 58.4 Å². The van der Waals surface area contributed by atoms with Crippen LogP contribution in [0.15, 0.2) is 36.4 Å². The second kappa shape index (κ2) is 8.03. The summed E-state index contributed by atoms with van der Waals surface area (Å²) in [5.41, 5.74) is 2.29. The van der Waals surface area contributed by atoms with Crippen LogP contribution in [-0.2, 0) is 16.0 Å². The SMILES string of the molecule is C[C@@H]1CCN(C(=O)Cc2cc(Cl)c(NC(=O)C3CNc4ccccc43)cc2F)C1. The maximum atomic E-state index is 14.6. The number of rotatable bonds is 4. The lowest BCUT2D eigenvalue weighted by Gasteiger charge is -2.17. The Hall–Kier alpha value is -2.60. The van der Waals surface area contributed by atoms with Crippen molar-refractivity contribution in [2.75, 3.05) is 30.3 Å². The lowest BCUT2D eigenvalue weighted by atomic mass is 10.0. The molecule has 29 heavy (non-hydrogen) atoms. The van der Waals surface area contributed by atoms with Crippen molar-refractivity contribution in [3.63, 3.8) is 0 Å². The summed E-state index contributed by atoms with van der Waals surface area (Å²) in [6.07, 6.45) is 0.936. The van der Waals surface area contributed by atoms with Crippen molar-refractivity contribution >= 4 is 34.8 Å². The number of benzene rings is 2. The second-order valence-corrected chi connectivity index (χ2v) is 8.25. The van der Waals surface area contributed by atoms with Gasteiger partial charge in [-0.3, -0.25) is 9.59 Å². The molecule has 152 valence electrons. The summed E-state index contributed by atoms with van der Waals surface area (Å²) >= 11 is 6.30. The number of hydrogen-bond acceptors (Lipinski definition) is 3. The van der Waals surface area contributed by atoms with Gasteiger partial charge in [0.05, 0.1) is 23.0 Å². The first-order valence-corrected chi connectivity index (χ1v) is 10.2. The van der Waals surface area contributed by atoms with Crippen LogP contribution in [0.5, 0.6) is 0 Å². The third-order valence-corrected chi connectivity index (χ3v) is 5.97. The lowest BCUT2D eigenvalue weighted by Crippen LogP contribution is -2.30. The molecule has 7 heteroatoms. The monoisotopic (exact) mass is 415 g/mol. The van der Waals surface area contributed by atoms with Crippen molar-refractivity contribution in [2.45, 2.75) is 25.7 Å². The Balaban J connectivity index is 1.46. The predicted molar refractivity (Wildman–Crippen MR) is 112 cm³/mol. The molecule has 0 aliphatic carbocycles. The van der Waals surface area contributed by atoms with Crippen molar-refractivity contribution in [2.24, 2.45) is 5.92 Å². The minimum Gasteiger partial charge on any atom is -0.384 e. The number of hydrogen-bond donors (Lipinski definition) is 2. The first-order chi connectivity index (χ1) is 13.9. The molecule has 2 aliphatic rings. The average molecular weight is 416 g/mol. The first-order valence-electron chi connectivity index (χ1n) is 9.81. The summed E-state index contributed by atoms with van der Waals surface area (Å²) in [5, 5.41) is 6.14. The third-order valence-electron chi connectivity index (χ3n) is 5.66. The molecule has 0 saturated carbocycles. The van der Waals surface area contributed by atoms with E-state index in [-0.39, 0.29) is 40.4 Å². The second-order valence-electron chi connectivity index (χ2n) is 7.84. The fourth-order valence-electron chi connectivity index (χ4n) is 3.99. The van der Waals surface area contributed by atoms with Gasteiger partial charge in [-0.25, -0.2) is 4.39 Å². The number of anilines is 2. The minimum atomic E-state index is -0.546. The van der Waals surface area contributed by atoms with E-state index in [0.29, 0.717) is 25.6 Å². The zero-order chi connectivity index (χ0) is 20.5. The van der Waals surface area contributed by atoms with E-state index in [9.17, 15) is 14.0 Å². The van der Waals surface area contributed by atoms with Crippen LogP contribution in [0.2, 0.25) is 5.02 Å². The van der Waals surface area contributed by atoms with E-state index in [2.05, 4.69) is 17.6 Å². The first kappa shape index (κ1) is 19.7. The van der Waals surface area contributed by atoms with Crippen LogP contribution in [-0.4, -0.2) is 36.3 Å². The molecule has 2 aromatic carbocycles. The van der Waals surface area contributed by atoms with E-state index >= 15 is 0 Å². The van der Waals surface area contributed by atoms with Gasteiger partial charge in [0.2, 0.25) is 11.8 Å². The molecule has 2 amide bonds. The van der Waals surface area contributed by atoms with E-state index in [4.69, 9.17) is 11.6 Å². The van der Waals surface area contributed by atoms with Crippen molar-refractivity contribution in [1.29, 1.82) is 0 Å². The fourth-order valence-corrected chi connectivity index (χ4v) is 4.23. The highest BCUT2D eigenvalue weighted by Gasteiger charge is 2.29. The Bertz CT molecular complexity index is 965. The predicted octanol–water partition coefficient (Wildman–Crippen LogP) is 4.04. The highest BCUT2D eigenvalue weighted by molar-refractivity contribution is 6.33. The van der Waals surface area contributed by atoms with E-state index in [1.165, 1.54) is 12.1 Å². The van der Waals surface area contributed by atoms with Crippen molar-refractivity contribution < 1.29 is 14.0 Å². The normalized spacial score (nSPS) is 20.3. The summed E-state index contributed by atoms with van der Waals surface area (Å²) in [4.78, 5) is 26.9. The third kappa shape index (κ3) is 4.08. The largest absolute Gasteiger partial charge is 0.384 e. The van der Waals surface area contributed by atoms with Crippen LogP contribution in [0, 0.1) is 11.7 Å². The van der Waals surface area contributed by atoms with Crippen LogP contribution in [0.4, 0.5) is 15.8 Å². The smallest absolute Gasteiger partial charge is 0.233 e. The van der Waals surface area contributed by atoms with Gasteiger partial charge in [0.15, 0.2) is 0 Å². The van der Waals surface area contributed by atoms with Crippen molar-refractivity contribution in [3.8, 4) is 0 Å². The number of amides is 2. The Morgan fingerprint density at radius 3 is 2.86 bits per heavy atom. The van der Waals surface area contributed by atoms with Crippen molar-refractivity contribution in [1.82, 2.24) is 4.90 Å². The van der Waals surface area contributed by atoms with Gasteiger partial charge in [0.1, 0.15) is 5.82 Å². The molecule has 2 N–H and O–H groups in total. The maximum Gasteiger partial charge on any atom is 0.233 e. The van der Waals surface area contributed by atoms with Gasteiger partial charge < -0.3 is 15.5 Å². The van der Waals surface area contributed by atoms with Gasteiger partial charge in [0.25, 0.3) is 0 Å². The average Bonchev–Trinajstić information content (AvgIpc) is 3.32. The molecule has 1 fully saturated rings. The van der Waals surface area contributed by atoms with Crippen LogP contribution < -0.4 is 10.6 Å². The molecule has 0 bridgehead atoms. The molecule has 2 heterocycles. The van der Waals surface area contributed by atoms with Gasteiger partial charge in [-0.2, -0.15) is 0 Å². The number of nitrogens with one attached hydrogen (secondary N) is 2. The topological polar surface area (TPSA) is 61.4 Å². The lowest BCUT2D eigenvalue weighted by molar-refractivity contribution is -0.129. The van der Waals surface area contributed by atoms with Crippen LogP contribution in [0.1, 0.15) is 30.4 Å². The highest BCUT2D eigenvalue weighted by atomic mass is 35.5. The molecule has 5 nitrogen and oxygen atoms in total. The Morgan fingerprint density at radius 1 is 1.31 bits per heavy atom. The molecule has 1 saturated heterocycles. The molecular formula is C22H23ClFN3O2. The van der Waals surface area contributed by atoms with Crippen LogP contribution in [0.25, 0.3) is 0 Å². The summed E-state index contributed by atoms with van der Waals surface area (Å²) in [7, 11) is 0. The standard InChI is InChI=1S/C22H23ClFN3O2/c1-13-6-7-27(12-13)21(28)9-14-8-17(23)20(10-18(14)24)26-22(29)16-11-25-19-5-3-2-4-15(16)19/h2-5,8,10,13,16,25H,6-7,9,11-12H2,1H3,(H,26,29)/t13-,16?/m1/s1. The van der Waals surface area contributed by atoms with E-state index in [1.807, 2.05) is 24.3 Å². The number of fused-ring (bicyclic) bond motifs is 1. The van der Waals surface area contributed by atoms with Gasteiger partial charge in [-0.15, -0.1) is 0 Å². The molecule has 1 unspecified atom stereocenters. The number of halogens is 2. The Morgan fingerprint density at radius 2 is 2.10 bits per heavy atom. The summed E-state index contributed by atoms with van der Waals surface area (Å²) < 4.78 is 14.6. The van der Waals surface area contributed by atoms with Gasteiger partial charge in [-0.1, -0.05) is 36.7 Å². The minimum absolute atomic E-state index is 0.0353. The van der Waals surface area contributed by atoms with E-state index in [0.717, 1.165) is 17.7 Å². The summed E-state index contributed by atoms with van der Waals surface area (Å²) in [5.74, 6) is -0.799. The zero-order valence-electron chi connectivity index (χ0n) is 16.2. The highest BCUT2D eigenvalue weighted by Crippen LogP contribution is 2.33. The van der Waals surface area contributed by atoms with Gasteiger partial charge >= 0.3 is 0 Å². The molecule has 0 radical (unpaired) electrons. The molecule has 4 rings (SSSR count). The van der Waals surface area contributed by atoms with E-state index < -0.39 is 5.82 Å². The number of carbonyl (C=O) groups excluding carboxylic acids is 2. The van der Waals surface area contributed by atoms with E-state index in [1.54, 1.807) is 4.90 Å². The summed E-state index contributed by atoms with van der Waals surface area (Å²) in [6, 6.07) is 10.2. The number of nitrogens with zero attached hydrogens (tertiary/aromatic N) is 1. The maximum absolute atomic E-state index is 14.6. The fraction of sp³-hybridized carbons (Fsp3) is 0.364. The molecule has 2 atom stereocenters. The number of para-hydroxylation sites is 1. The Labute approximate surface area is 174 Å². The summed E-state index contributed by atoms with van der Waals surface area (Å²) in [6.45, 7) is 3.99. The number of likely N-dealkylation sites (tertiary alicyclic amines) is 1. The molecule has 0 spiro atoms. The van der Waals surface area contributed by atoms with Gasteiger partial charge in [0, 0.05) is 25.3 Å². The van der Waals surface area contributed by atoms with Gasteiger partial charge in [-0.05, 0) is 41.7 Å². The van der Waals surface area contributed by atoms with Crippen LogP contribution in [0.3, 0.4) is 0 Å². The number of carbonyl (C=O) groups is 2. The zero-order valence-corrected chi connectivity index (χ0v) is 16.9. The van der Waals surface area contributed by atoms with Crippen LogP contribution >= 0.6 is 11.6 Å².